The second kappa shape index (κ2) is 4.49. The molecule has 0 atom stereocenters. The van der Waals surface area contributed by atoms with Crippen molar-refractivity contribution in [1.29, 1.82) is 0 Å². The molecule has 0 aromatic heterocycles. The number of hydrogen-bond donors (Lipinski definition) is 1. The van der Waals surface area contributed by atoms with Gasteiger partial charge in [-0.1, -0.05) is 24.3 Å². The highest BCUT2D eigenvalue weighted by molar-refractivity contribution is 5.90. The standard InChI is InChI=1S/C13H9O3/c14-13(15)11-8-4-5-9-12(11)16-10-6-2-1-3-7-10/h1-2,4-9H,(H,14,15). The Morgan fingerprint density at radius 3 is 2.69 bits per heavy atom. The van der Waals surface area contributed by atoms with E-state index in [1.54, 1.807) is 42.5 Å². The molecule has 3 nitrogen and oxygen atoms in total. The van der Waals surface area contributed by atoms with E-state index in [9.17, 15) is 4.79 Å². The van der Waals surface area contributed by atoms with Crippen LogP contribution in [0.15, 0.2) is 48.5 Å². The van der Waals surface area contributed by atoms with Gasteiger partial charge in [-0.15, -0.1) is 0 Å². The molecule has 0 amide bonds. The summed E-state index contributed by atoms with van der Waals surface area (Å²) in [4.78, 5) is 10.9. The zero-order valence-electron chi connectivity index (χ0n) is 8.38. The monoisotopic (exact) mass is 213 g/mol. The van der Waals surface area contributed by atoms with Crippen molar-refractivity contribution in [3.63, 3.8) is 0 Å². The first-order valence-electron chi connectivity index (χ1n) is 4.73. The Kier molecular flexibility index (Phi) is 2.87. The molecule has 79 valence electrons. The molecule has 0 aliphatic rings. The number of aromatic carboxylic acids is 1. The van der Waals surface area contributed by atoms with Crippen LogP contribution in [0, 0.1) is 6.07 Å². The molecule has 0 aliphatic heterocycles. The molecule has 0 saturated carbocycles. The summed E-state index contributed by atoms with van der Waals surface area (Å²) in [5, 5.41) is 8.96. The third-order valence-corrected chi connectivity index (χ3v) is 2.02. The van der Waals surface area contributed by atoms with Crippen LogP contribution in [0.5, 0.6) is 11.5 Å². The number of hydrogen-bond acceptors (Lipinski definition) is 2. The lowest BCUT2D eigenvalue weighted by Crippen LogP contribution is -1.99. The van der Waals surface area contributed by atoms with Crippen molar-refractivity contribution in [2.45, 2.75) is 0 Å². The molecule has 0 spiro atoms. The second-order valence-electron chi connectivity index (χ2n) is 3.14. The molecule has 3 heteroatoms. The quantitative estimate of drug-likeness (QED) is 0.852. The van der Waals surface area contributed by atoms with Crippen molar-refractivity contribution >= 4 is 5.97 Å². The Balaban J connectivity index is 2.31. The molecule has 0 heterocycles. The molecular formula is C13H9O3. The number of carbonyl (C=O) groups is 1. The summed E-state index contributed by atoms with van der Waals surface area (Å²) in [6.45, 7) is 0. The van der Waals surface area contributed by atoms with E-state index < -0.39 is 5.97 Å². The summed E-state index contributed by atoms with van der Waals surface area (Å²) < 4.78 is 5.46. The number of carboxylic acids is 1. The highest BCUT2D eigenvalue weighted by atomic mass is 16.5. The van der Waals surface area contributed by atoms with Gasteiger partial charge in [0.1, 0.15) is 17.1 Å². The third-order valence-electron chi connectivity index (χ3n) is 2.02. The second-order valence-corrected chi connectivity index (χ2v) is 3.14. The van der Waals surface area contributed by atoms with Crippen molar-refractivity contribution in [2.24, 2.45) is 0 Å². The van der Waals surface area contributed by atoms with E-state index in [1.807, 2.05) is 0 Å². The van der Waals surface area contributed by atoms with Gasteiger partial charge >= 0.3 is 5.97 Å². The van der Waals surface area contributed by atoms with Gasteiger partial charge in [0.15, 0.2) is 0 Å². The molecule has 0 unspecified atom stereocenters. The SMILES string of the molecule is O=C(O)c1ccccc1Oc1c[c]ccc1. The maximum Gasteiger partial charge on any atom is 0.339 e. The Morgan fingerprint density at radius 1 is 1.19 bits per heavy atom. The van der Waals surface area contributed by atoms with E-state index in [0.717, 1.165) is 0 Å². The van der Waals surface area contributed by atoms with Gasteiger partial charge in [-0.3, -0.25) is 0 Å². The van der Waals surface area contributed by atoms with Crippen LogP contribution in [0.4, 0.5) is 0 Å². The molecular weight excluding hydrogens is 204 g/mol. The average molecular weight is 213 g/mol. The molecule has 2 rings (SSSR count). The van der Waals surface area contributed by atoms with Crippen molar-refractivity contribution in [1.82, 2.24) is 0 Å². The summed E-state index contributed by atoms with van der Waals surface area (Å²) >= 11 is 0. The van der Waals surface area contributed by atoms with Crippen molar-refractivity contribution in [2.75, 3.05) is 0 Å². The largest absolute Gasteiger partial charge is 0.478 e. The fourth-order valence-electron chi connectivity index (χ4n) is 1.30. The normalized spacial score (nSPS) is 9.75. The van der Waals surface area contributed by atoms with Gasteiger partial charge in [-0.05, 0) is 30.3 Å². The number of para-hydroxylation sites is 1. The maximum atomic E-state index is 10.9. The van der Waals surface area contributed by atoms with Crippen LogP contribution in [0.25, 0.3) is 0 Å². The van der Waals surface area contributed by atoms with Gasteiger partial charge in [0.05, 0.1) is 0 Å². The topological polar surface area (TPSA) is 46.5 Å². The maximum absolute atomic E-state index is 10.9. The van der Waals surface area contributed by atoms with Crippen molar-refractivity contribution < 1.29 is 14.6 Å². The zero-order chi connectivity index (χ0) is 11.4. The minimum absolute atomic E-state index is 0.145. The molecule has 0 aliphatic carbocycles. The van der Waals surface area contributed by atoms with E-state index in [0.29, 0.717) is 11.5 Å². The summed E-state index contributed by atoms with van der Waals surface area (Å²) in [6, 6.07) is 16.3. The zero-order valence-corrected chi connectivity index (χ0v) is 8.38. The molecule has 0 bridgehead atoms. The van der Waals surface area contributed by atoms with Gasteiger partial charge in [0.25, 0.3) is 0 Å². The van der Waals surface area contributed by atoms with Crippen LogP contribution in [-0.2, 0) is 0 Å². The average Bonchev–Trinajstić information content (AvgIpc) is 2.31. The first kappa shape index (κ1) is 10.2. The van der Waals surface area contributed by atoms with Gasteiger partial charge < -0.3 is 9.84 Å². The van der Waals surface area contributed by atoms with Crippen molar-refractivity contribution in [3.05, 3.63) is 60.2 Å². The number of ether oxygens (including phenoxy) is 1. The number of benzene rings is 2. The van der Waals surface area contributed by atoms with Gasteiger partial charge in [-0.2, -0.15) is 0 Å². The fraction of sp³-hybridized carbons (Fsp3) is 0. The first-order chi connectivity index (χ1) is 7.77. The summed E-state index contributed by atoms with van der Waals surface area (Å²) in [5.74, 6) is -0.110. The number of carboxylic acid groups (broad SMARTS) is 1. The highest BCUT2D eigenvalue weighted by Crippen LogP contribution is 2.24. The molecule has 2 aromatic carbocycles. The summed E-state index contributed by atoms with van der Waals surface area (Å²) in [5.41, 5.74) is 0.145. The van der Waals surface area contributed by atoms with E-state index in [1.165, 1.54) is 6.07 Å². The first-order valence-corrected chi connectivity index (χ1v) is 4.73. The Labute approximate surface area is 92.9 Å². The molecule has 0 fully saturated rings. The van der Waals surface area contributed by atoms with Gasteiger partial charge in [-0.25, -0.2) is 4.79 Å². The number of rotatable bonds is 3. The molecule has 16 heavy (non-hydrogen) atoms. The van der Waals surface area contributed by atoms with Crippen LogP contribution in [0.3, 0.4) is 0 Å². The minimum atomic E-state index is -1.00. The van der Waals surface area contributed by atoms with Crippen molar-refractivity contribution in [3.8, 4) is 11.5 Å². The van der Waals surface area contributed by atoms with E-state index in [2.05, 4.69) is 6.07 Å². The van der Waals surface area contributed by atoms with E-state index in [4.69, 9.17) is 9.84 Å². The van der Waals surface area contributed by atoms with Crippen LogP contribution >= 0.6 is 0 Å². The Hall–Kier alpha value is -2.29. The van der Waals surface area contributed by atoms with Crippen LogP contribution in [0.1, 0.15) is 10.4 Å². The van der Waals surface area contributed by atoms with E-state index in [-0.39, 0.29) is 5.56 Å². The van der Waals surface area contributed by atoms with Gasteiger partial charge in [0.2, 0.25) is 0 Å². The molecule has 0 saturated heterocycles. The van der Waals surface area contributed by atoms with Gasteiger partial charge in [0, 0.05) is 0 Å². The predicted molar refractivity (Wildman–Crippen MR) is 58.8 cm³/mol. The Morgan fingerprint density at radius 2 is 2.00 bits per heavy atom. The van der Waals surface area contributed by atoms with E-state index >= 15 is 0 Å². The lowest BCUT2D eigenvalue weighted by molar-refractivity contribution is 0.0694. The van der Waals surface area contributed by atoms with Crippen LogP contribution in [-0.4, -0.2) is 11.1 Å². The smallest absolute Gasteiger partial charge is 0.339 e. The fourth-order valence-corrected chi connectivity index (χ4v) is 1.30. The van der Waals surface area contributed by atoms with Crippen LogP contribution in [0.2, 0.25) is 0 Å². The third kappa shape index (κ3) is 2.20. The molecule has 1 N–H and O–H groups in total. The predicted octanol–water partition coefficient (Wildman–Crippen LogP) is 2.98. The summed E-state index contributed by atoms with van der Waals surface area (Å²) in [7, 11) is 0. The van der Waals surface area contributed by atoms with Crippen LogP contribution < -0.4 is 4.74 Å². The Bertz CT molecular complexity index is 492. The summed E-state index contributed by atoms with van der Waals surface area (Å²) in [6.07, 6.45) is 0. The highest BCUT2D eigenvalue weighted by Gasteiger charge is 2.10. The lowest BCUT2D eigenvalue weighted by atomic mass is 10.2. The minimum Gasteiger partial charge on any atom is -0.478 e. The lowest BCUT2D eigenvalue weighted by Gasteiger charge is -2.07. The molecule has 2 aromatic rings. The molecule has 1 radical (unpaired) electrons.